The summed E-state index contributed by atoms with van der Waals surface area (Å²) < 4.78 is 0. The number of hydrogen-bond acceptors (Lipinski definition) is 1. The van der Waals surface area contributed by atoms with Gasteiger partial charge in [0.1, 0.15) is 0 Å². The van der Waals surface area contributed by atoms with Crippen LogP contribution in [0.25, 0.3) is 0 Å². The molecule has 74 valence electrons. The Kier molecular flexibility index (Phi) is 2.23. The van der Waals surface area contributed by atoms with E-state index in [0.717, 1.165) is 12.3 Å². The molecule has 13 heavy (non-hydrogen) atoms. The molecule has 0 amide bonds. The molecule has 1 nitrogen and oxygen atoms in total. The van der Waals surface area contributed by atoms with Crippen LogP contribution in [0.2, 0.25) is 0 Å². The zero-order valence-electron chi connectivity index (χ0n) is 8.71. The van der Waals surface area contributed by atoms with Crippen LogP contribution in [0.4, 0.5) is 0 Å². The van der Waals surface area contributed by atoms with Crippen molar-refractivity contribution in [1.29, 1.82) is 0 Å². The fourth-order valence-electron chi connectivity index (χ4n) is 2.77. The Hall–Kier alpha value is -0.300. The largest absolute Gasteiger partial charge is 0.393 e. The number of allylic oxidation sites excluding steroid dienone is 2. The fraction of sp³-hybridized carbons (Fsp3) is 0.833. The van der Waals surface area contributed by atoms with Crippen LogP contribution >= 0.6 is 0 Å². The van der Waals surface area contributed by atoms with Crippen LogP contribution in [0.3, 0.4) is 0 Å². The van der Waals surface area contributed by atoms with Crippen molar-refractivity contribution in [3.05, 3.63) is 11.6 Å². The molecule has 0 aromatic rings. The molecule has 2 rings (SSSR count). The molecule has 1 heteroatoms. The van der Waals surface area contributed by atoms with Crippen molar-refractivity contribution in [3.8, 4) is 0 Å². The Bertz CT molecular complexity index is 231. The van der Waals surface area contributed by atoms with Crippen molar-refractivity contribution >= 4 is 0 Å². The Labute approximate surface area is 80.8 Å². The van der Waals surface area contributed by atoms with Crippen LogP contribution in [-0.4, -0.2) is 11.2 Å². The highest BCUT2D eigenvalue weighted by atomic mass is 16.3. The van der Waals surface area contributed by atoms with Crippen LogP contribution in [0.5, 0.6) is 0 Å². The lowest BCUT2D eigenvalue weighted by Crippen LogP contribution is -2.48. The van der Waals surface area contributed by atoms with Gasteiger partial charge in [-0.3, -0.25) is 0 Å². The minimum atomic E-state index is -0.0238. The summed E-state index contributed by atoms with van der Waals surface area (Å²) >= 11 is 0. The van der Waals surface area contributed by atoms with Gasteiger partial charge in [0.25, 0.3) is 0 Å². The normalized spacial score (nSPS) is 45.3. The van der Waals surface area contributed by atoms with E-state index in [2.05, 4.69) is 19.9 Å². The highest BCUT2D eigenvalue weighted by Gasteiger charge is 2.46. The van der Waals surface area contributed by atoms with E-state index in [1.807, 2.05) is 0 Å². The molecule has 2 aliphatic carbocycles. The van der Waals surface area contributed by atoms with Crippen LogP contribution in [0, 0.1) is 11.3 Å². The summed E-state index contributed by atoms with van der Waals surface area (Å²) in [5, 5.41) is 9.76. The Morgan fingerprint density at radius 1 is 1.46 bits per heavy atom. The second-order valence-electron chi connectivity index (χ2n) is 5.08. The summed E-state index contributed by atoms with van der Waals surface area (Å²) in [5.74, 6) is 0.736. The molecule has 0 radical (unpaired) electrons. The SMILES string of the molecule is CC1=CCC([C@]2(C)CC[C@@H]2O)CC1. The maximum atomic E-state index is 9.76. The minimum absolute atomic E-state index is 0.0238. The third-order valence-corrected chi connectivity index (χ3v) is 4.29. The first-order valence-electron chi connectivity index (χ1n) is 5.46. The summed E-state index contributed by atoms with van der Waals surface area (Å²) in [4.78, 5) is 0. The summed E-state index contributed by atoms with van der Waals surface area (Å²) in [6.07, 6.45) is 8.32. The van der Waals surface area contributed by atoms with Crippen LogP contribution in [0.1, 0.15) is 46.0 Å². The van der Waals surface area contributed by atoms with Gasteiger partial charge in [0.15, 0.2) is 0 Å². The number of hydrogen-bond donors (Lipinski definition) is 1. The third-order valence-electron chi connectivity index (χ3n) is 4.29. The number of aliphatic hydroxyl groups is 1. The maximum Gasteiger partial charge on any atom is 0.0596 e. The average molecular weight is 180 g/mol. The molecule has 3 atom stereocenters. The maximum absolute atomic E-state index is 9.76. The van der Waals surface area contributed by atoms with Gasteiger partial charge < -0.3 is 5.11 Å². The van der Waals surface area contributed by atoms with E-state index in [1.165, 1.54) is 31.3 Å². The molecule has 1 fully saturated rings. The van der Waals surface area contributed by atoms with E-state index >= 15 is 0 Å². The third kappa shape index (κ3) is 1.43. The Morgan fingerprint density at radius 3 is 2.62 bits per heavy atom. The highest BCUT2D eigenvalue weighted by molar-refractivity contribution is 5.08. The van der Waals surface area contributed by atoms with Gasteiger partial charge in [0.2, 0.25) is 0 Å². The van der Waals surface area contributed by atoms with Crippen LogP contribution in [0.15, 0.2) is 11.6 Å². The quantitative estimate of drug-likeness (QED) is 0.615. The van der Waals surface area contributed by atoms with Crippen molar-refractivity contribution in [2.45, 2.75) is 52.1 Å². The molecule has 0 heterocycles. The summed E-state index contributed by atoms with van der Waals surface area (Å²) in [6.45, 7) is 4.48. The molecule has 0 saturated heterocycles. The van der Waals surface area contributed by atoms with Gasteiger partial charge in [-0.1, -0.05) is 18.6 Å². The first-order chi connectivity index (χ1) is 6.13. The summed E-state index contributed by atoms with van der Waals surface area (Å²) in [6, 6.07) is 0. The molecule has 1 saturated carbocycles. The molecule has 1 N–H and O–H groups in total. The second kappa shape index (κ2) is 3.13. The molecule has 0 bridgehead atoms. The first kappa shape index (κ1) is 9.26. The predicted molar refractivity (Wildman–Crippen MR) is 54.4 cm³/mol. The lowest BCUT2D eigenvalue weighted by molar-refractivity contribution is -0.0932. The van der Waals surface area contributed by atoms with Crippen molar-refractivity contribution in [3.63, 3.8) is 0 Å². The Morgan fingerprint density at radius 2 is 2.23 bits per heavy atom. The van der Waals surface area contributed by atoms with Gasteiger partial charge >= 0.3 is 0 Å². The lowest BCUT2D eigenvalue weighted by Gasteiger charge is -2.50. The van der Waals surface area contributed by atoms with Crippen LogP contribution < -0.4 is 0 Å². The summed E-state index contributed by atoms with van der Waals surface area (Å²) in [5.41, 5.74) is 1.78. The minimum Gasteiger partial charge on any atom is -0.393 e. The van der Waals surface area contributed by atoms with Gasteiger partial charge in [0, 0.05) is 0 Å². The van der Waals surface area contributed by atoms with Gasteiger partial charge in [-0.25, -0.2) is 0 Å². The van der Waals surface area contributed by atoms with E-state index in [4.69, 9.17) is 0 Å². The van der Waals surface area contributed by atoms with Crippen molar-refractivity contribution in [2.24, 2.45) is 11.3 Å². The molecule has 0 aromatic carbocycles. The second-order valence-corrected chi connectivity index (χ2v) is 5.08. The monoisotopic (exact) mass is 180 g/mol. The molecular weight excluding hydrogens is 160 g/mol. The van der Waals surface area contributed by atoms with Gasteiger partial charge in [-0.05, 0) is 50.4 Å². The standard InChI is InChI=1S/C12H20O/c1-9-3-5-10(6-4-9)12(2)8-7-11(12)13/h3,10-11,13H,4-8H2,1-2H3/t10?,11-,12-/m0/s1. The molecule has 0 spiro atoms. The zero-order chi connectivity index (χ0) is 9.47. The zero-order valence-corrected chi connectivity index (χ0v) is 8.71. The van der Waals surface area contributed by atoms with E-state index in [1.54, 1.807) is 0 Å². The van der Waals surface area contributed by atoms with Crippen molar-refractivity contribution in [1.82, 2.24) is 0 Å². The van der Waals surface area contributed by atoms with Crippen molar-refractivity contribution in [2.75, 3.05) is 0 Å². The molecule has 0 aliphatic heterocycles. The van der Waals surface area contributed by atoms with E-state index in [9.17, 15) is 5.11 Å². The van der Waals surface area contributed by atoms with Gasteiger partial charge in [0.05, 0.1) is 6.10 Å². The Balaban J connectivity index is 2.02. The average Bonchev–Trinajstić information content (AvgIpc) is 2.15. The van der Waals surface area contributed by atoms with E-state index < -0.39 is 0 Å². The number of rotatable bonds is 1. The number of aliphatic hydroxyl groups excluding tert-OH is 1. The topological polar surface area (TPSA) is 20.2 Å². The molecule has 2 aliphatic rings. The van der Waals surface area contributed by atoms with Crippen molar-refractivity contribution < 1.29 is 5.11 Å². The highest BCUT2D eigenvalue weighted by Crippen LogP contribution is 2.51. The van der Waals surface area contributed by atoms with Crippen LogP contribution in [-0.2, 0) is 0 Å². The lowest BCUT2D eigenvalue weighted by atomic mass is 9.57. The molecule has 1 unspecified atom stereocenters. The first-order valence-corrected chi connectivity index (χ1v) is 5.46. The predicted octanol–water partition coefficient (Wildman–Crippen LogP) is 2.89. The molecule has 0 aromatic heterocycles. The van der Waals surface area contributed by atoms with Gasteiger partial charge in [-0.15, -0.1) is 0 Å². The van der Waals surface area contributed by atoms with Gasteiger partial charge in [-0.2, -0.15) is 0 Å². The summed E-state index contributed by atoms with van der Waals surface area (Å²) in [7, 11) is 0. The van der Waals surface area contributed by atoms with E-state index in [-0.39, 0.29) is 11.5 Å². The molecular formula is C12H20O. The van der Waals surface area contributed by atoms with E-state index in [0.29, 0.717) is 0 Å². The smallest absolute Gasteiger partial charge is 0.0596 e. The fourth-order valence-corrected chi connectivity index (χ4v) is 2.77.